The first kappa shape index (κ1) is 10.1. The summed E-state index contributed by atoms with van der Waals surface area (Å²) in [5.74, 6) is 0. The molecule has 0 atom stereocenters. The molecule has 1 heterocycles. The lowest BCUT2D eigenvalue weighted by Gasteiger charge is -2.18. The molecule has 1 aliphatic rings. The van der Waals surface area contributed by atoms with Crippen LogP contribution in [0.5, 0.6) is 0 Å². The Morgan fingerprint density at radius 1 is 1.07 bits per heavy atom. The zero-order valence-electron chi connectivity index (χ0n) is 9.70. The highest BCUT2D eigenvalue weighted by atomic mass is 15.3. The van der Waals surface area contributed by atoms with Gasteiger partial charge in [0.1, 0.15) is 0 Å². The molecule has 80 valence electrons. The molecule has 0 aliphatic carbocycles. The average molecular weight is 202 g/mol. The van der Waals surface area contributed by atoms with Crippen LogP contribution in [0.3, 0.4) is 0 Å². The van der Waals surface area contributed by atoms with Crippen LogP contribution in [0, 0.1) is 13.8 Å². The number of hydrogen-bond acceptors (Lipinski definition) is 2. The topological polar surface area (TPSA) is 6.48 Å². The second-order valence-electron chi connectivity index (χ2n) is 4.44. The van der Waals surface area contributed by atoms with E-state index in [1.54, 1.807) is 0 Å². The number of benzene rings is 1. The molecular formula is C13H18N2. The van der Waals surface area contributed by atoms with Gasteiger partial charge in [0.15, 0.2) is 0 Å². The van der Waals surface area contributed by atoms with Gasteiger partial charge in [0, 0.05) is 26.0 Å². The van der Waals surface area contributed by atoms with E-state index in [9.17, 15) is 0 Å². The smallest absolute Gasteiger partial charge is 0.0894 e. The van der Waals surface area contributed by atoms with Crippen molar-refractivity contribution in [2.45, 2.75) is 20.4 Å². The molecular weight excluding hydrogens is 184 g/mol. The van der Waals surface area contributed by atoms with Gasteiger partial charge in [-0.2, -0.15) is 0 Å². The van der Waals surface area contributed by atoms with E-state index < -0.39 is 0 Å². The normalized spacial score (nSPS) is 15.1. The quantitative estimate of drug-likeness (QED) is 0.727. The Morgan fingerprint density at radius 3 is 2.27 bits per heavy atom. The van der Waals surface area contributed by atoms with Crippen molar-refractivity contribution in [3.63, 3.8) is 0 Å². The van der Waals surface area contributed by atoms with Crippen molar-refractivity contribution in [2.75, 3.05) is 13.7 Å². The van der Waals surface area contributed by atoms with Crippen molar-refractivity contribution in [3.05, 3.63) is 47.3 Å². The summed E-state index contributed by atoms with van der Waals surface area (Å²) in [5, 5.41) is 0. The van der Waals surface area contributed by atoms with Crippen LogP contribution in [0.15, 0.2) is 30.6 Å². The molecule has 0 amide bonds. The van der Waals surface area contributed by atoms with E-state index in [1.807, 2.05) is 0 Å². The van der Waals surface area contributed by atoms with Gasteiger partial charge in [-0.1, -0.05) is 29.3 Å². The molecule has 2 heteroatoms. The fraction of sp³-hybridized carbons (Fsp3) is 0.385. The van der Waals surface area contributed by atoms with Gasteiger partial charge in [-0.25, -0.2) is 0 Å². The minimum absolute atomic E-state index is 0.993. The molecule has 15 heavy (non-hydrogen) atoms. The van der Waals surface area contributed by atoms with Crippen molar-refractivity contribution in [1.82, 2.24) is 9.80 Å². The van der Waals surface area contributed by atoms with Gasteiger partial charge < -0.3 is 9.80 Å². The molecule has 0 radical (unpaired) electrons. The van der Waals surface area contributed by atoms with Crippen LogP contribution < -0.4 is 0 Å². The molecule has 1 aromatic carbocycles. The lowest BCUT2D eigenvalue weighted by atomic mass is 10.1. The van der Waals surface area contributed by atoms with E-state index >= 15 is 0 Å². The Morgan fingerprint density at radius 2 is 1.73 bits per heavy atom. The second kappa shape index (κ2) is 3.97. The Bertz CT molecular complexity index is 362. The van der Waals surface area contributed by atoms with E-state index in [4.69, 9.17) is 0 Å². The largest absolute Gasteiger partial charge is 0.362 e. The van der Waals surface area contributed by atoms with Crippen LogP contribution in [-0.4, -0.2) is 23.5 Å². The van der Waals surface area contributed by atoms with Gasteiger partial charge in [-0.15, -0.1) is 0 Å². The summed E-state index contributed by atoms with van der Waals surface area (Å²) in [6, 6.07) is 6.74. The van der Waals surface area contributed by atoms with Crippen LogP contribution in [0.1, 0.15) is 16.7 Å². The highest BCUT2D eigenvalue weighted by molar-refractivity contribution is 5.28. The molecule has 1 aliphatic heterocycles. The fourth-order valence-corrected chi connectivity index (χ4v) is 2.09. The highest BCUT2D eigenvalue weighted by Gasteiger charge is 2.08. The molecule has 0 aromatic heterocycles. The summed E-state index contributed by atoms with van der Waals surface area (Å²) in [5.41, 5.74) is 4.09. The molecule has 0 spiro atoms. The lowest BCUT2D eigenvalue weighted by Crippen LogP contribution is -2.21. The number of aryl methyl sites for hydroxylation is 2. The first-order chi connectivity index (χ1) is 7.13. The van der Waals surface area contributed by atoms with Crippen LogP contribution in [0.2, 0.25) is 0 Å². The molecule has 0 saturated heterocycles. The summed E-state index contributed by atoms with van der Waals surface area (Å²) >= 11 is 0. The van der Waals surface area contributed by atoms with E-state index in [2.05, 4.69) is 61.3 Å². The third kappa shape index (κ3) is 2.52. The van der Waals surface area contributed by atoms with Crippen molar-refractivity contribution < 1.29 is 0 Å². The lowest BCUT2D eigenvalue weighted by molar-refractivity contribution is 0.291. The summed E-state index contributed by atoms with van der Waals surface area (Å²) in [6.07, 6.45) is 4.26. The molecule has 0 unspecified atom stereocenters. The fourth-order valence-electron chi connectivity index (χ4n) is 2.09. The Hall–Kier alpha value is -1.44. The SMILES string of the molecule is Cc1cc(C)cc(CN2C=CN(C)C2)c1. The summed E-state index contributed by atoms with van der Waals surface area (Å²) < 4.78 is 0. The Kier molecular flexibility index (Phi) is 2.67. The van der Waals surface area contributed by atoms with Gasteiger partial charge in [-0.05, 0) is 19.4 Å². The van der Waals surface area contributed by atoms with Gasteiger partial charge in [0.05, 0.1) is 6.67 Å². The molecule has 0 fully saturated rings. The predicted octanol–water partition coefficient (Wildman–Crippen LogP) is 2.48. The number of hydrogen-bond donors (Lipinski definition) is 0. The monoisotopic (exact) mass is 202 g/mol. The predicted molar refractivity (Wildman–Crippen MR) is 63.2 cm³/mol. The van der Waals surface area contributed by atoms with E-state index in [1.165, 1.54) is 16.7 Å². The van der Waals surface area contributed by atoms with Crippen molar-refractivity contribution in [2.24, 2.45) is 0 Å². The maximum atomic E-state index is 2.31. The molecule has 1 aromatic rings. The molecule has 2 nitrogen and oxygen atoms in total. The van der Waals surface area contributed by atoms with Crippen molar-refractivity contribution in [1.29, 1.82) is 0 Å². The Balaban J connectivity index is 2.08. The number of nitrogens with zero attached hydrogens (tertiary/aromatic N) is 2. The maximum absolute atomic E-state index is 2.31. The zero-order chi connectivity index (χ0) is 10.8. The molecule has 0 N–H and O–H groups in total. The average Bonchev–Trinajstić information content (AvgIpc) is 2.49. The van der Waals surface area contributed by atoms with Crippen LogP contribution >= 0.6 is 0 Å². The number of rotatable bonds is 2. The van der Waals surface area contributed by atoms with Crippen molar-refractivity contribution in [3.8, 4) is 0 Å². The van der Waals surface area contributed by atoms with E-state index in [0.29, 0.717) is 0 Å². The van der Waals surface area contributed by atoms with Gasteiger partial charge in [0.25, 0.3) is 0 Å². The first-order valence-electron chi connectivity index (χ1n) is 5.33. The zero-order valence-corrected chi connectivity index (χ0v) is 9.70. The highest BCUT2D eigenvalue weighted by Crippen LogP contribution is 2.13. The van der Waals surface area contributed by atoms with Gasteiger partial charge in [0.2, 0.25) is 0 Å². The van der Waals surface area contributed by atoms with Crippen molar-refractivity contribution >= 4 is 0 Å². The summed E-state index contributed by atoms with van der Waals surface area (Å²) in [4.78, 5) is 4.50. The maximum Gasteiger partial charge on any atom is 0.0894 e. The summed E-state index contributed by atoms with van der Waals surface area (Å²) in [6.45, 7) is 6.31. The summed E-state index contributed by atoms with van der Waals surface area (Å²) in [7, 11) is 2.10. The van der Waals surface area contributed by atoms with E-state index in [-0.39, 0.29) is 0 Å². The van der Waals surface area contributed by atoms with Gasteiger partial charge >= 0.3 is 0 Å². The third-order valence-corrected chi connectivity index (χ3v) is 2.60. The standard InChI is InChI=1S/C13H18N2/c1-11-6-12(2)8-13(7-11)9-15-5-4-14(3)10-15/h4-8H,9-10H2,1-3H3. The third-order valence-electron chi connectivity index (χ3n) is 2.60. The minimum atomic E-state index is 0.993. The second-order valence-corrected chi connectivity index (χ2v) is 4.44. The Labute approximate surface area is 91.8 Å². The van der Waals surface area contributed by atoms with E-state index in [0.717, 1.165) is 13.2 Å². The van der Waals surface area contributed by atoms with Crippen LogP contribution in [0.4, 0.5) is 0 Å². The molecule has 0 bridgehead atoms. The minimum Gasteiger partial charge on any atom is -0.362 e. The van der Waals surface area contributed by atoms with Crippen LogP contribution in [-0.2, 0) is 6.54 Å². The molecule has 2 rings (SSSR count). The first-order valence-corrected chi connectivity index (χ1v) is 5.33. The van der Waals surface area contributed by atoms with Crippen LogP contribution in [0.25, 0.3) is 0 Å². The van der Waals surface area contributed by atoms with Gasteiger partial charge in [-0.3, -0.25) is 0 Å². The molecule has 0 saturated carbocycles.